The van der Waals surface area contributed by atoms with E-state index >= 15 is 0 Å². The lowest BCUT2D eigenvalue weighted by atomic mass is 10.1. The van der Waals surface area contributed by atoms with E-state index in [1.54, 1.807) is 17.5 Å². The Balaban J connectivity index is 0.0000000805. The van der Waals surface area contributed by atoms with E-state index in [4.69, 9.17) is 4.42 Å². The number of hydrogen-bond acceptors (Lipinski definition) is 12. The van der Waals surface area contributed by atoms with E-state index in [1.807, 2.05) is 146 Å². The van der Waals surface area contributed by atoms with Crippen LogP contribution in [0.5, 0.6) is 0 Å². The molecule has 26 rings (SSSR count). The van der Waals surface area contributed by atoms with E-state index < -0.39 is 0 Å². The van der Waals surface area contributed by atoms with E-state index in [1.165, 1.54) is 88.2 Å². The molecule has 1 aromatic carbocycles. The lowest BCUT2D eigenvalue weighted by Gasteiger charge is -2.02. The number of para-hydroxylation sites is 1. The summed E-state index contributed by atoms with van der Waals surface area (Å²) in [5, 5.41) is 0. The first-order valence-corrected chi connectivity index (χ1v) is 33.8. The summed E-state index contributed by atoms with van der Waals surface area (Å²) in [6.45, 7) is 4.41. The molecule has 20 aromatic heterocycles. The largest absolute Gasteiger partial charge is 0.410 e. The van der Waals surface area contributed by atoms with Gasteiger partial charge in [-0.3, -0.25) is 29.3 Å². The Morgan fingerprint density at radius 3 is 1.70 bits per heavy atom. The summed E-state index contributed by atoms with van der Waals surface area (Å²) in [6.07, 6.45) is 47.0. The fourth-order valence-corrected chi connectivity index (χ4v) is 16.5. The zero-order chi connectivity index (χ0) is 66.0. The number of nitrogens with zero attached hydrogens (tertiary/aromatic N) is 23. The number of thiazole rings is 1. The molecule has 25 heteroatoms. The van der Waals surface area contributed by atoms with Crippen molar-refractivity contribution < 1.29 is 26.6 Å². The third kappa shape index (κ3) is 8.25. The minimum absolute atomic E-state index is 0.807. The summed E-state index contributed by atoms with van der Waals surface area (Å²) >= 11 is 1.79. The topological polar surface area (TPSA) is 200 Å². The Labute approximate surface area is 573 Å². The van der Waals surface area contributed by atoms with Gasteiger partial charge in [0.1, 0.15) is 77.4 Å². The Morgan fingerprint density at radius 1 is 0.406 bits per heavy atom. The molecule has 0 radical (unpaired) electrons. The molecule has 0 N–H and O–H groups in total. The molecule has 0 spiro atoms. The molecule has 0 bridgehead atoms. The van der Waals surface area contributed by atoms with Crippen LogP contribution in [0.4, 0.5) is 0 Å². The first kappa shape index (κ1) is 55.3. The van der Waals surface area contributed by atoms with Crippen molar-refractivity contribution in [3.05, 3.63) is 286 Å². The highest BCUT2D eigenvalue weighted by molar-refractivity contribution is 7.22. The number of benzene rings is 1. The average Bonchev–Trinajstić information content (AvgIpc) is 1.62. The van der Waals surface area contributed by atoms with Crippen LogP contribution in [0.25, 0.3) is 134 Å². The van der Waals surface area contributed by atoms with Crippen molar-refractivity contribution >= 4 is 83.4 Å². The van der Waals surface area contributed by atoms with Crippen LogP contribution in [0, 0.1) is 0 Å². The van der Waals surface area contributed by atoms with Crippen LogP contribution in [0.15, 0.2) is 262 Å². The van der Waals surface area contributed by atoms with Crippen molar-refractivity contribution in [2.24, 2.45) is 0 Å². The Hall–Kier alpha value is -13.8. The van der Waals surface area contributed by atoms with Gasteiger partial charge in [-0.15, -0.1) is 15.0 Å². The number of fused-ring (bicyclic) bond motifs is 35. The van der Waals surface area contributed by atoms with Crippen molar-refractivity contribution in [1.82, 2.24) is 85.9 Å². The maximum Gasteiger partial charge on any atom is 0.410 e. The van der Waals surface area contributed by atoms with E-state index in [2.05, 4.69) is 214 Å². The fourth-order valence-electron chi connectivity index (χ4n) is 15.4. The summed E-state index contributed by atoms with van der Waals surface area (Å²) < 4.78 is 35.8. The Kier molecular flexibility index (Phi) is 11.7. The van der Waals surface area contributed by atoms with Crippen molar-refractivity contribution in [3.63, 3.8) is 0 Å². The SMILES string of the molecule is c1ccc(-n2c3cccnc3[n+]3cc4n(c23)Cc2ccncc2-4)cc1.c1cnc2c(c1)oc1n3c(c[n+]21)-c1cnccc1C3.c1cnc2c(c1)sc1n3c(c[n+]21)-c1cnccc1C3.c1cnc2c[n+]3cc4n(c3n2c1)Cc1ccncc1-4.c1cnc2cn3c4[n+](cc3n2c1)Cc1ccncc1-4. The quantitative estimate of drug-likeness (QED) is 0.142. The van der Waals surface area contributed by atoms with Gasteiger partial charge in [0, 0.05) is 125 Å². The molecule has 0 aliphatic carbocycles. The predicted octanol–water partition coefficient (Wildman–Crippen LogP) is 9.64. The van der Waals surface area contributed by atoms with Gasteiger partial charge < -0.3 is 4.42 Å². The molecule has 21 aromatic rings. The minimum atomic E-state index is 0.807. The van der Waals surface area contributed by atoms with Crippen LogP contribution < -0.4 is 22.2 Å². The Bertz CT molecular complexity index is 6800. The minimum Gasteiger partial charge on any atom is -0.396 e. The first-order valence-electron chi connectivity index (χ1n) is 33.0. The molecule has 0 fully saturated rings. The molecule has 101 heavy (non-hydrogen) atoms. The van der Waals surface area contributed by atoms with E-state index in [0.29, 0.717) is 0 Å². The molecule has 0 atom stereocenters. The van der Waals surface area contributed by atoms with E-state index in [9.17, 15) is 0 Å². The number of hydrogen-bond donors (Lipinski definition) is 0. The van der Waals surface area contributed by atoms with Crippen LogP contribution in [0.2, 0.25) is 0 Å². The second-order valence-electron chi connectivity index (χ2n) is 25.4. The van der Waals surface area contributed by atoms with Gasteiger partial charge >= 0.3 is 23.0 Å². The summed E-state index contributed by atoms with van der Waals surface area (Å²) in [4.78, 5) is 44.7. The summed E-state index contributed by atoms with van der Waals surface area (Å²) in [7, 11) is 0. The van der Waals surface area contributed by atoms with Gasteiger partial charge in [-0.25, -0.2) is 41.8 Å². The lowest BCUT2D eigenvalue weighted by Crippen LogP contribution is -2.29. The van der Waals surface area contributed by atoms with Gasteiger partial charge in [0.15, 0.2) is 17.4 Å². The molecule has 0 saturated carbocycles. The average molecular weight is 1340 g/mol. The molecule has 5 aliphatic heterocycles. The first-order chi connectivity index (χ1) is 50.1. The van der Waals surface area contributed by atoms with Gasteiger partial charge in [-0.1, -0.05) is 29.5 Å². The van der Waals surface area contributed by atoms with E-state index in [-0.39, 0.29) is 0 Å². The highest BCUT2D eigenvalue weighted by Gasteiger charge is 2.36. The number of pyridine rings is 8. The zero-order valence-electron chi connectivity index (χ0n) is 53.4. The molecule has 0 unspecified atom stereocenters. The summed E-state index contributed by atoms with van der Waals surface area (Å²) in [5.74, 6) is 4.25. The number of imidazole rings is 8. The van der Waals surface area contributed by atoms with Crippen LogP contribution in [0.1, 0.15) is 27.8 Å². The Morgan fingerprint density at radius 2 is 0.970 bits per heavy atom. The van der Waals surface area contributed by atoms with Crippen molar-refractivity contribution in [1.29, 1.82) is 0 Å². The van der Waals surface area contributed by atoms with Gasteiger partial charge in [0.05, 0.1) is 56.0 Å². The molecular formula is C76H52N23OS+5. The van der Waals surface area contributed by atoms with Crippen molar-refractivity contribution in [2.45, 2.75) is 32.7 Å². The maximum absolute atomic E-state index is 5.91. The van der Waals surface area contributed by atoms with Gasteiger partial charge in [0.25, 0.3) is 27.7 Å². The van der Waals surface area contributed by atoms with Gasteiger partial charge in [-0.2, -0.15) is 22.0 Å². The summed E-state index contributed by atoms with van der Waals surface area (Å²) in [6, 6.07) is 36.8. The van der Waals surface area contributed by atoms with Crippen LogP contribution >= 0.6 is 11.3 Å². The van der Waals surface area contributed by atoms with Crippen molar-refractivity contribution in [2.75, 3.05) is 0 Å². The molecule has 25 heterocycles. The number of rotatable bonds is 1. The van der Waals surface area contributed by atoms with E-state index in [0.717, 1.165) is 106 Å². The van der Waals surface area contributed by atoms with Crippen LogP contribution in [-0.4, -0.2) is 85.9 Å². The van der Waals surface area contributed by atoms with Crippen molar-refractivity contribution in [3.8, 4) is 62.1 Å². The molecule has 478 valence electrons. The third-order valence-electron chi connectivity index (χ3n) is 19.9. The summed E-state index contributed by atoms with van der Waals surface area (Å²) in [5.41, 5.74) is 26.4. The molecule has 0 amide bonds. The maximum atomic E-state index is 5.91. The van der Waals surface area contributed by atoms with Crippen LogP contribution in [0.3, 0.4) is 0 Å². The molecular weight excluding hydrogens is 1280 g/mol. The number of oxazole rings is 1. The number of aromatic nitrogens is 23. The highest BCUT2D eigenvalue weighted by atomic mass is 32.1. The van der Waals surface area contributed by atoms with Gasteiger partial charge in [-0.05, 0) is 96.6 Å². The molecule has 0 saturated heterocycles. The normalized spacial score (nSPS) is 13.0. The third-order valence-corrected chi connectivity index (χ3v) is 21.0. The zero-order valence-corrected chi connectivity index (χ0v) is 54.2. The highest BCUT2D eigenvalue weighted by Crippen LogP contribution is 2.38. The second-order valence-corrected chi connectivity index (χ2v) is 26.4. The lowest BCUT2D eigenvalue weighted by molar-refractivity contribution is -0.670. The van der Waals surface area contributed by atoms with Gasteiger partial charge in [0.2, 0.25) is 11.2 Å². The van der Waals surface area contributed by atoms with Crippen LogP contribution in [-0.2, 0) is 32.7 Å². The fraction of sp³-hybridized carbons (Fsp3) is 0.0658. The molecule has 5 aliphatic rings. The smallest absolute Gasteiger partial charge is 0.396 e. The second kappa shape index (κ2) is 21.3. The standard InChI is InChI=1S/C20H14N5.2C14H10N5.C14H9N4O.C14H9N4S/c1-2-5-15(6-3-1)25-17-7-4-9-22-19(17)24-13-18-16-11-21-10-8-14(16)12-23(18)20(24)25;1-3-16-12-8-19-13(18(12)5-1)9-17-7-10-2-4-15-6-11(10)14(17)19;1-3-16-13-9-17-8-12-11-6-15-4-2-10(11)7-19(12)14(17)18(13)5-1;2*1-2-12-13(16-4-1)18-8-11-10-6-15-5-3-9(10)7-17(11)14(18)19-12/h1-11,13H,12H2;2*1-6,8-9H,7H2;2*1-6,8H,7H2/q5*+1. The monoisotopic (exact) mass is 1330 g/mol. The predicted molar refractivity (Wildman–Crippen MR) is 372 cm³/mol. The molecule has 24 nitrogen and oxygen atoms in total.